The van der Waals surface area contributed by atoms with Gasteiger partial charge in [-0.1, -0.05) is 43.7 Å². The summed E-state index contributed by atoms with van der Waals surface area (Å²) in [7, 11) is 0. The first kappa shape index (κ1) is 16.1. The SMILES string of the molecule is CCCc1nc[nH]c1Cc1ccc(-c2ccccc2-c2nnn[nH]2)nc1. The molecule has 4 aromatic rings. The molecule has 2 N–H and O–H groups in total. The number of tetrazole rings is 1. The highest BCUT2D eigenvalue weighted by Gasteiger charge is 2.11. The van der Waals surface area contributed by atoms with Crippen molar-refractivity contribution in [3.63, 3.8) is 0 Å². The van der Waals surface area contributed by atoms with Crippen LogP contribution in [0.15, 0.2) is 48.9 Å². The zero-order valence-corrected chi connectivity index (χ0v) is 14.5. The van der Waals surface area contributed by atoms with E-state index in [4.69, 9.17) is 0 Å². The number of imidazole rings is 1. The van der Waals surface area contributed by atoms with Crippen molar-refractivity contribution in [3.8, 4) is 22.6 Å². The number of nitrogens with zero attached hydrogens (tertiary/aromatic N) is 5. The highest BCUT2D eigenvalue weighted by atomic mass is 15.5. The Morgan fingerprint density at radius 3 is 2.62 bits per heavy atom. The molecule has 0 aliphatic carbocycles. The molecule has 7 nitrogen and oxygen atoms in total. The topological polar surface area (TPSA) is 96.0 Å². The van der Waals surface area contributed by atoms with Crippen molar-refractivity contribution in [1.82, 2.24) is 35.6 Å². The van der Waals surface area contributed by atoms with E-state index in [-0.39, 0.29) is 0 Å². The minimum Gasteiger partial charge on any atom is -0.348 e. The number of hydrogen-bond acceptors (Lipinski definition) is 5. The van der Waals surface area contributed by atoms with Gasteiger partial charge >= 0.3 is 0 Å². The third kappa shape index (κ3) is 3.23. The summed E-state index contributed by atoms with van der Waals surface area (Å²) in [5.41, 5.74) is 6.25. The van der Waals surface area contributed by atoms with Gasteiger partial charge in [-0.25, -0.2) is 10.1 Å². The second-order valence-electron chi connectivity index (χ2n) is 6.10. The zero-order valence-electron chi connectivity index (χ0n) is 14.5. The minimum atomic E-state index is 0.633. The van der Waals surface area contributed by atoms with Crippen molar-refractivity contribution in [3.05, 3.63) is 65.9 Å². The number of aromatic nitrogens is 7. The monoisotopic (exact) mass is 345 g/mol. The third-order valence-corrected chi connectivity index (χ3v) is 4.30. The van der Waals surface area contributed by atoms with E-state index < -0.39 is 0 Å². The van der Waals surface area contributed by atoms with Gasteiger partial charge < -0.3 is 4.98 Å². The van der Waals surface area contributed by atoms with E-state index in [9.17, 15) is 0 Å². The summed E-state index contributed by atoms with van der Waals surface area (Å²) in [6.45, 7) is 2.16. The number of aryl methyl sites for hydroxylation is 1. The lowest BCUT2D eigenvalue weighted by Gasteiger charge is -2.07. The fourth-order valence-electron chi connectivity index (χ4n) is 3.03. The van der Waals surface area contributed by atoms with Gasteiger partial charge in [-0.15, -0.1) is 5.10 Å². The molecule has 0 amide bonds. The number of benzene rings is 1. The maximum Gasteiger partial charge on any atom is 0.180 e. The maximum absolute atomic E-state index is 4.66. The largest absolute Gasteiger partial charge is 0.348 e. The number of hydrogen-bond donors (Lipinski definition) is 2. The van der Waals surface area contributed by atoms with E-state index in [1.54, 1.807) is 6.33 Å². The molecule has 4 rings (SSSR count). The molecule has 0 saturated carbocycles. The summed E-state index contributed by atoms with van der Waals surface area (Å²) in [5, 5.41) is 14.1. The Kier molecular flexibility index (Phi) is 4.51. The third-order valence-electron chi connectivity index (χ3n) is 4.30. The van der Waals surface area contributed by atoms with Crippen molar-refractivity contribution in [2.24, 2.45) is 0 Å². The fraction of sp³-hybridized carbons (Fsp3) is 0.211. The van der Waals surface area contributed by atoms with Crippen LogP contribution in [0.2, 0.25) is 0 Å². The maximum atomic E-state index is 4.66. The molecule has 3 heterocycles. The van der Waals surface area contributed by atoms with Crippen LogP contribution in [0.5, 0.6) is 0 Å². The Morgan fingerprint density at radius 2 is 1.88 bits per heavy atom. The number of nitrogens with one attached hydrogen (secondary N) is 2. The van der Waals surface area contributed by atoms with Gasteiger partial charge in [-0.05, 0) is 28.5 Å². The van der Waals surface area contributed by atoms with Gasteiger partial charge in [0.25, 0.3) is 0 Å². The predicted molar refractivity (Wildman–Crippen MR) is 98.2 cm³/mol. The highest BCUT2D eigenvalue weighted by molar-refractivity contribution is 5.78. The first-order chi connectivity index (χ1) is 12.8. The fourth-order valence-corrected chi connectivity index (χ4v) is 3.03. The van der Waals surface area contributed by atoms with Gasteiger partial charge in [0.05, 0.1) is 17.7 Å². The normalized spacial score (nSPS) is 11.0. The number of pyridine rings is 1. The van der Waals surface area contributed by atoms with E-state index in [0.29, 0.717) is 5.82 Å². The smallest absolute Gasteiger partial charge is 0.180 e. The van der Waals surface area contributed by atoms with Crippen molar-refractivity contribution < 1.29 is 0 Å². The molecule has 0 aliphatic rings. The van der Waals surface area contributed by atoms with Gasteiger partial charge in [-0.2, -0.15) is 0 Å². The van der Waals surface area contributed by atoms with E-state index in [1.807, 2.05) is 36.5 Å². The molecule has 0 radical (unpaired) electrons. The molecule has 7 heteroatoms. The first-order valence-corrected chi connectivity index (χ1v) is 8.64. The van der Waals surface area contributed by atoms with Crippen molar-refractivity contribution >= 4 is 0 Å². The van der Waals surface area contributed by atoms with E-state index in [0.717, 1.165) is 53.0 Å². The van der Waals surface area contributed by atoms with Crippen LogP contribution in [0.25, 0.3) is 22.6 Å². The zero-order chi connectivity index (χ0) is 17.8. The van der Waals surface area contributed by atoms with Gasteiger partial charge in [0, 0.05) is 29.4 Å². The quantitative estimate of drug-likeness (QED) is 0.559. The minimum absolute atomic E-state index is 0.633. The second kappa shape index (κ2) is 7.26. The lowest BCUT2D eigenvalue weighted by Crippen LogP contribution is -1.96. The van der Waals surface area contributed by atoms with Crippen LogP contribution >= 0.6 is 0 Å². The Hall–Kier alpha value is -3.35. The van der Waals surface area contributed by atoms with Crippen LogP contribution in [0.4, 0.5) is 0 Å². The average molecular weight is 345 g/mol. The van der Waals surface area contributed by atoms with Crippen LogP contribution in [0.1, 0.15) is 30.3 Å². The lowest BCUT2D eigenvalue weighted by atomic mass is 10.0. The molecule has 0 atom stereocenters. The summed E-state index contributed by atoms with van der Waals surface area (Å²) in [5.74, 6) is 0.633. The summed E-state index contributed by atoms with van der Waals surface area (Å²) in [6, 6.07) is 12.1. The summed E-state index contributed by atoms with van der Waals surface area (Å²) >= 11 is 0. The van der Waals surface area contributed by atoms with Gasteiger partial charge in [0.2, 0.25) is 0 Å². The number of aromatic amines is 2. The second-order valence-corrected chi connectivity index (χ2v) is 6.10. The Labute approximate surface area is 150 Å². The molecule has 1 aromatic carbocycles. The van der Waals surface area contributed by atoms with Crippen LogP contribution < -0.4 is 0 Å². The summed E-state index contributed by atoms with van der Waals surface area (Å²) < 4.78 is 0. The molecular formula is C19H19N7. The van der Waals surface area contributed by atoms with Crippen LogP contribution in [0.3, 0.4) is 0 Å². The number of H-pyrrole nitrogens is 2. The molecule has 0 fully saturated rings. The van der Waals surface area contributed by atoms with Crippen LogP contribution in [-0.2, 0) is 12.8 Å². The highest BCUT2D eigenvalue weighted by Crippen LogP contribution is 2.28. The lowest BCUT2D eigenvalue weighted by molar-refractivity contribution is 0.872. The van der Waals surface area contributed by atoms with Gasteiger partial charge in [0.1, 0.15) is 0 Å². The summed E-state index contributed by atoms with van der Waals surface area (Å²) in [6.07, 6.45) is 6.56. The molecule has 130 valence electrons. The van der Waals surface area contributed by atoms with Crippen molar-refractivity contribution in [2.45, 2.75) is 26.2 Å². The summed E-state index contributed by atoms with van der Waals surface area (Å²) in [4.78, 5) is 12.3. The van der Waals surface area contributed by atoms with Gasteiger partial charge in [0.15, 0.2) is 5.82 Å². The van der Waals surface area contributed by atoms with E-state index in [2.05, 4.69) is 48.6 Å². The number of rotatable bonds is 6. The Balaban J connectivity index is 1.60. The van der Waals surface area contributed by atoms with E-state index in [1.165, 1.54) is 0 Å². The Bertz CT molecular complexity index is 971. The molecule has 0 bridgehead atoms. The van der Waals surface area contributed by atoms with Crippen molar-refractivity contribution in [1.29, 1.82) is 0 Å². The first-order valence-electron chi connectivity index (χ1n) is 8.64. The van der Waals surface area contributed by atoms with Crippen molar-refractivity contribution in [2.75, 3.05) is 0 Å². The molecular weight excluding hydrogens is 326 g/mol. The molecule has 0 unspecified atom stereocenters. The van der Waals surface area contributed by atoms with E-state index >= 15 is 0 Å². The standard InChI is InChI=1S/C19H19N7/c1-2-5-17-18(22-12-21-17)10-13-8-9-16(20-11-13)14-6-3-4-7-15(14)19-23-25-26-24-19/h3-4,6-9,11-12H,2,5,10H2,1H3,(H,21,22)(H,23,24,25,26). The molecule has 0 saturated heterocycles. The molecule has 26 heavy (non-hydrogen) atoms. The van der Waals surface area contributed by atoms with Gasteiger partial charge in [-0.3, -0.25) is 4.98 Å². The Morgan fingerprint density at radius 1 is 1.00 bits per heavy atom. The predicted octanol–water partition coefficient (Wildman–Crippen LogP) is 3.20. The van der Waals surface area contributed by atoms with Crippen LogP contribution in [0, 0.1) is 0 Å². The molecule has 3 aromatic heterocycles. The average Bonchev–Trinajstić information content (AvgIpc) is 3.36. The molecule has 0 aliphatic heterocycles. The molecule has 0 spiro atoms. The van der Waals surface area contributed by atoms with Crippen LogP contribution in [-0.4, -0.2) is 35.6 Å².